The molecule has 2 N–H and O–H groups in total. The van der Waals surface area contributed by atoms with E-state index in [0.29, 0.717) is 0 Å². The number of aliphatic carboxylic acids is 1. The van der Waals surface area contributed by atoms with Crippen molar-refractivity contribution in [2.24, 2.45) is 11.8 Å². The number of nitrogens with zero attached hydrogens (tertiary/aromatic N) is 2. The lowest BCUT2D eigenvalue weighted by Gasteiger charge is -2.18. The molecule has 1 heterocycles. The third-order valence-corrected chi connectivity index (χ3v) is 3.67. The first-order valence-corrected chi connectivity index (χ1v) is 6.69. The summed E-state index contributed by atoms with van der Waals surface area (Å²) in [7, 11) is 0. The summed E-state index contributed by atoms with van der Waals surface area (Å²) in [5, 5.41) is 21.7. The fraction of sp³-hybridized carbons (Fsp3) is 0.385. The Kier molecular flexibility index (Phi) is 4.62. The van der Waals surface area contributed by atoms with Crippen LogP contribution in [0, 0.1) is 22.0 Å². The second-order valence-electron chi connectivity index (χ2n) is 5.23. The van der Waals surface area contributed by atoms with Crippen molar-refractivity contribution in [3.63, 3.8) is 0 Å². The van der Waals surface area contributed by atoms with Crippen LogP contribution >= 0.6 is 0 Å². The van der Waals surface area contributed by atoms with Crippen LogP contribution in [-0.4, -0.2) is 46.2 Å². The Hall–Kier alpha value is -2.85. The van der Waals surface area contributed by atoms with Crippen LogP contribution in [0.3, 0.4) is 0 Å². The molecule has 1 fully saturated rings. The van der Waals surface area contributed by atoms with Crippen molar-refractivity contribution < 1.29 is 32.8 Å². The minimum Gasteiger partial charge on any atom is -0.481 e. The van der Waals surface area contributed by atoms with Crippen molar-refractivity contribution >= 4 is 23.4 Å². The van der Waals surface area contributed by atoms with E-state index in [4.69, 9.17) is 5.11 Å². The Morgan fingerprint density at radius 3 is 2.25 bits per heavy atom. The number of nitro benzene ring substituents is 1. The molecule has 1 aliphatic rings. The van der Waals surface area contributed by atoms with Crippen molar-refractivity contribution in [2.75, 3.05) is 18.4 Å². The number of carboxylic acid groups (broad SMARTS) is 1. The molecule has 2 atom stereocenters. The monoisotopic (exact) mass is 347 g/mol. The van der Waals surface area contributed by atoms with Crippen LogP contribution in [-0.2, 0) is 4.79 Å². The molecular formula is C13H12F3N3O5. The molecule has 0 radical (unpaired) electrons. The summed E-state index contributed by atoms with van der Waals surface area (Å²) in [5.74, 6) is -5.49. The number of halogens is 3. The molecule has 11 heteroatoms. The zero-order valence-electron chi connectivity index (χ0n) is 12.0. The number of urea groups is 1. The van der Waals surface area contributed by atoms with E-state index >= 15 is 0 Å². The third kappa shape index (κ3) is 3.73. The number of likely N-dealkylation sites (tertiary alicyclic amines) is 1. The number of carbonyl (C=O) groups excluding carboxylic acids is 1. The highest BCUT2D eigenvalue weighted by atomic mass is 19.4. The highest BCUT2D eigenvalue weighted by molar-refractivity contribution is 5.90. The zero-order valence-corrected chi connectivity index (χ0v) is 12.0. The Morgan fingerprint density at radius 2 is 1.83 bits per heavy atom. The van der Waals surface area contributed by atoms with E-state index in [9.17, 15) is 32.9 Å². The van der Waals surface area contributed by atoms with E-state index in [1.165, 1.54) is 12.1 Å². The number of amides is 2. The molecule has 0 aromatic heterocycles. The van der Waals surface area contributed by atoms with Gasteiger partial charge in [0.1, 0.15) is 0 Å². The van der Waals surface area contributed by atoms with Crippen LogP contribution in [0.2, 0.25) is 0 Å². The predicted octanol–water partition coefficient (Wildman–Crippen LogP) is 2.32. The van der Waals surface area contributed by atoms with Crippen molar-refractivity contribution in [1.29, 1.82) is 0 Å². The lowest BCUT2D eigenvalue weighted by molar-refractivity contribution is -0.384. The van der Waals surface area contributed by atoms with Crippen LogP contribution in [0.25, 0.3) is 0 Å². The molecule has 2 rings (SSSR count). The Morgan fingerprint density at radius 1 is 1.25 bits per heavy atom. The van der Waals surface area contributed by atoms with Gasteiger partial charge in [0.25, 0.3) is 5.69 Å². The minimum atomic E-state index is -4.73. The number of nitro groups is 1. The minimum absolute atomic E-state index is 0.146. The fourth-order valence-electron chi connectivity index (χ4n) is 2.42. The number of carboxylic acids is 1. The number of anilines is 1. The first-order chi connectivity index (χ1) is 11.1. The smallest absolute Gasteiger partial charge is 0.394 e. The zero-order chi connectivity index (χ0) is 18.1. The van der Waals surface area contributed by atoms with Crippen molar-refractivity contribution in [3.8, 4) is 0 Å². The van der Waals surface area contributed by atoms with Gasteiger partial charge >= 0.3 is 18.2 Å². The standard InChI is InChI=1S/C13H12F3N3O5/c14-13(15,16)10-6-18(5-9(10)11(20)21)12(22)17-7-1-3-8(4-2-7)19(23)24/h1-4,9-10H,5-6H2,(H,17,22)(H,20,21)/t9-,10-/m1/s1. The predicted molar refractivity (Wildman–Crippen MR) is 74.4 cm³/mol. The van der Waals surface area contributed by atoms with E-state index in [1.807, 2.05) is 0 Å². The lowest BCUT2D eigenvalue weighted by atomic mass is 9.96. The number of nitrogens with one attached hydrogen (secondary N) is 1. The molecular weight excluding hydrogens is 335 g/mol. The van der Waals surface area contributed by atoms with Gasteiger partial charge in [0.05, 0.1) is 16.8 Å². The number of carbonyl (C=O) groups is 2. The fourth-order valence-corrected chi connectivity index (χ4v) is 2.42. The average molecular weight is 347 g/mol. The van der Waals surface area contributed by atoms with Gasteiger partial charge in [0, 0.05) is 30.9 Å². The van der Waals surface area contributed by atoms with Gasteiger partial charge in [-0.15, -0.1) is 0 Å². The van der Waals surface area contributed by atoms with Crippen molar-refractivity contribution in [2.45, 2.75) is 6.18 Å². The van der Waals surface area contributed by atoms with Gasteiger partial charge in [-0.2, -0.15) is 13.2 Å². The van der Waals surface area contributed by atoms with E-state index < -0.39 is 48.0 Å². The van der Waals surface area contributed by atoms with E-state index in [1.54, 1.807) is 0 Å². The highest BCUT2D eigenvalue weighted by Crippen LogP contribution is 2.37. The summed E-state index contributed by atoms with van der Waals surface area (Å²) < 4.78 is 38.6. The topological polar surface area (TPSA) is 113 Å². The summed E-state index contributed by atoms with van der Waals surface area (Å²) in [5.41, 5.74) is -0.0646. The maximum absolute atomic E-state index is 12.9. The van der Waals surface area contributed by atoms with Crippen molar-refractivity contribution in [1.82, 2.24) is 4.90 Å². The molecule has 1 aromatic carbocycles. The summed E-state index contributed by atoms with van der Waals surface area (Å²) in [6, 6.07) is 3.79. The molecule has 0 saturated carbocycles. The SMILES string of the molecule is O=C(O)[C@@H]1CN(C(=O)Nc2ccc([N+](=O)[O-])cc2)C[C@H]1C(F)(F)F. The van der Waals surface area contributed by atoms with Crippen LogP contribution in [0.4, 0.5) is 29.3 Å². The largest absolute Gasteiger partial charge is 0.481 e. The number of non-ortho nitro benzene ring substituents is 1. The van der Waals surface area contributed by atoms with Crippen LogP contribution in [0.5, 0.6) is 0 Å². The molecule has 0 spiro atoms. The Labute approximate surface area is 133 Å². The number of hydrogen-bond acceptors (Lipinski definition) is 4. The van der Waals surface area contributed by atoms with Gasteiger partial charge in [-0.05, 0) is 12.1 Å². The van der Waals surface area contributed by atoms with Gasteiger partial charge in [-0.25, -0.2) is 4.79 Å². The van der Waals surface area contributed by atoms with Gasteiger partial charge in [0.2, 0.25) is 0 Å². The molecule has 8 nitrogen and oxygen atoms in total. The number of alkyl halides is 3. The average Bonchev–Trinajstić information content (AvgIpc) is 2.93. The quantitative estimate of drug-likeness (QED) is 0.643. The first-order valence-electron chi connectivity index (χ1n) is 6.69. The summed E-state index contributed by atoms with van der Waals surface area (Å²) in [6.45, 7) is -1.34. The van der Waals surface area contributed by atoms with Crippen LogP contribution in [0.15, 0.2) is 24.3 Å². The first kappa shape index (κ1) is 17.5. The maximum atomic E-state index is 12.9. The number of hydrogen-bond donors (Lipinski definition) is 2. The number of benzene rings is 1. The van der Waals surface area contributed by atoms with Gasteiger partial charge in [-0.1, -0.05) is 0 Å². The van der Waals surface area contributed by atoms with Crippen molar-refractivity contribution in [3.05, 3.63) is 34.4 Å². The van der Waals surface area contributed by atoms with Crippen LogP contribution < -0.4 is 5.32 Å². The summed E-state index contributed by atoms with van der Waals surface area (Å²) in [6.07, 6.45) is -4.73. The summed E-state index contributed by atoms with van der Waals surface area (Å²) in [4.78, 5) is 33.6. The van der Waals surface area contributed by atoms with E-state index in [-0.39, 0.29) is 11.4 Å². The molecule has 2 amide bonds. The highest BCUT2D eigenvalue weighted by Gasteiger charge is 2.53. The van der Waals surface area contributed by atoms with E-state index in [2.05, 4.69) is 5.32 Å². The normalized spacial score (nSPS) is 20.7. The Bertz CT molecular complexity index is 662. The van der Waals surface area contributed by atoms with Gasteiger partial charge < -0.3 is 15.3 Å². The van der Waals surface area contributed by atoms with E-state index in [0.717, 1.165) is 17.0 Å². The molecule has 0 aliphatic carbocycles. The Balaban J connectivity index is 2.07. The van der Waals surface area contributed by atoms with Gasteiger partial charge in [0.15, 0.2) is 0 Å². The maximum Gasteiger partial charge on any atom is 0.394 e. The molecule has 24 heavy (non-hydrogen) atoms. The summed E-state index contributed by atoms with van der Waals surface area (Å²) >= 11 is 0. The molecule has 130 valence electrons. The molecule has 1 aliphatic heterocycles. The molecule has 1 aromatic rings. The second-order valence-corrected chi connectivity index (χ2v) is 5.23. The van der Waals surface area contributed by atoms with Gasteiger partial charge in [-0.3, -0.25) is 14.9 Å². The number of rotatable bonds is 3. The molecule has 0 unspecified atom stereocenters. The molecule has 1 saturated heterocycles. The lowest BCUT2D eigenvalue weighted by Crippen LogP contribution is -2.35. The third-order valence-electron chi connectivity index (χ3n) is 3.67. The molecule has 0 bridgehead atoms. The second kappa shape index (κ2) is 6.34. The van der Waals surface area contributed by atoms with Crippen LogP contribution in [0.1, 0.15) is 0 Å².